The summed E-state index contributed by atoms with van der Waals surface area (Å²) in [6.45, 7) is 0. The number of aromatic nitrogens is 1. The van der Waals surface area contributed by atoms with E-state index in [0.29, 0.717) is 25.1 Å². The predicted octanol–water partition coefficient (Wildman–Crippen LogP) is 1.84. The van der Waals surface area contributed by atoms with Crippen LogP contribution in [0.25, 0.3) is 0 Å². The van der Waals surface area contributed by atoms with E-state index in [4.69, 9.17) is 5.11 Å². The summed E-state index contributed by atoms with van der Waals surface area (Å²) in [5.74, 6) is -1.81. The Bertz CT molecular complexity index is 553. The van der Waals surface area contributed by atoms with Gasteiger partial charge in [-0.05, 0) is 18.9 Å². The number of rotatable bonds is 4. The van der Waals surface area contributed by atoms with Gasteiger partial charge in [0, 0.05) is 12.4 Å². The highest BCUT2D eigenvalue weighted by Crippen LogP contribution is 2.39. The van der Waals surface area contributed by atoms with Crippen molar-refractivity contribution in [2.24, 2.45) is 0 Å². The first kappa shape index (κ1) is 14.3. The molecule has 0 aromatic carbocycles. The fraction of sp³-hybridized carbons (Fsp3) is 0.417. The van der Waals surface area contributed by atoms with Gasteiger partial charge in [-0.3, -0.25) is 14.6 Å². The molecule has 1 aromatic heterocycles. The van der Waals surface area contributed by atoms with Gasteiger partial charge in [-0.25, -0.2) is 0 Å². The number of carbonyl (C=O) groups excluding carboxylic acids is 1. The van der Waals surface area contributed by atoms with E-state index >= 15 is 0 Å². The summed E-state index contributed by atoms with van der Waals surface area (Å²) < 4.78 is 37.5. The van der Waals surface area contributed by atoms with E-state index in [0.717, 1.165) is 6.20 Å². The zero-order valence-corrected chi connectivity index (χ0v) is 10.2. The molecule has 0 radical (unpaired) electrons. The average molecular weight is 288 g/mol. The highest BCUT2D eigenvalue weighted by atomic mass is 19.4. The third-order valence-electron chi connectivity index (χ3n) is 3.05. The number of carboxylic acid groups (broad SMARTS) is 1. The third-order valence-corrected chi connectivity index (χ3v) is 3.05. The predicted molar refractivity (Wildman–Crippen MR) is 60.9 cm³/mol. The van der Waals surface area contributed by atoms with Crippen LogP contribution in [0.4, 0.5) is 13.2 Å². The first-order valence-electron chi connectivity index (χ1n) is 5.78. The molecule has 1 aromatic rings. The van der Waals surface area contributed by atoms with Crippen molar-refractivity contribution in [1.29, 1.82) is 0 Å². The number of pyridine rings is 1. The van der Waals surface area contributed by atoms with E-state index < -0.39 is 29.2 Å². The number of carboxylic acids is 1. The Morgan fingerprint density at radius 2 is 2.00 bits per heavy atom. The van der Waals surface area contributed by atoms with Crippen LogP contribution < -0.4 is 5.32 Å². The van der Waals surface area contributed by atoms with Gasteiger partial charge in [0.25, 0.3) is 5.91 Å². The second-order valence-electron chi connectivity index (χ2n) is 4.77. The van der Waals surface area contributed by atoms with Crippen molar-refractivity contribution in [3.63, 3.8) is 0 Å². The quantitative estimate of drug-likeness (QED) is 0.886. The van der Waals surface area contributed by atoms with Crippen LogP contribution in [0.3, 0.4) is 0 Å². The molecule has 0 spiro atoms. The minimum atomic E-state index is -4.58. The molecule has 1 amide bonds. The Labute approximate surface area is 111 Å². The molecule has 0 unspecified atom stereocenters. The lowest BCUT2D eigenvalue weighted by molar-refractivity contribution is -0.138. The lowest BCUT2D eigenvalue weighted by Crippen LogP contribution is -2.38. The van der Waals surface area contributed by atoms with E-state index in [1.54, 1.807) is 0 Å². The number of amides is 1. The van der Waals surface area contributed by atoms with Crippen molar-refractivity contribution in [2.45, 2.75) is 31.0 Å². The smallest absolute Gasteiger partial charge is 0.417 e. The minimum absolute atomic E-state index is 0.239. The van der Waals surface area contributed by atoms with Crippen molar-refractivity contribution >= 4 is 11.9 Å². The third kappa shape index (κ3) is 3.25. The van der Waals surface area contributed by atoms with Crippen LogP contribution >= 0.6 is 0 Å². The van der Waals surface area contributed by atoms with Crippen molar-refractivity contribution in [3.05, 3.63) is 29.6 Å². The molecule has 5 nitrogen and oxygen atoms in total. The normalized spacial score (nSPS) is 16.6. The van der Waals surface area contributed by atoms with Crippen LogP contribution in [-0.4, -0.2) is 27.5 Å². The minimum Gasteiger partial charge on any atom is -0.481 e. The maximum Gasteiger partial charge on any atom is 0.417 e. The molecule has 1 heterocycles. The number of hydrogen-bond acceptors (Lipinski definition) is 3. The van der Waals surface area contributed by atoms with Crippen LogP contribution in [0.2, 0.25) is 0 Å². The maximum atomic E-state index is 12.5. The Balaban J connectivity index is 2.12. The average Bonchev–Trinajstić information content (AvgIpc) is 3.06. The van der Waals surface area contributed by atoms with Crippen LogP contribution in [0.1, 0.15) is 35.2 Å². The number of aliphatic carboxylic acids is 1. The summed E-state index contributed by atoms with van der Waals surface area (Å²) >= 11 is 0. The van der Waals surface area contributed by atoms with Gasteiger partial charge in [0.05, 0.1) is 23.1 Å². The van der Waals surface area contributed by atoms with Gasteiger partial charge in [-0.2, -0.15) is 13.2 Å². The summed E-state index contributed by atoms with van der Waals surface area (Å²) in [5, 5.41) is 11.2. The van der Waals surface area contributed by atoms with Gasteiger partial charge in [-0.15, -0.1) is 0 Å². The Kier molecular flexibility index (Phi) is 3.41. The fourth-order valence-electron chi connectivity index (χ4n) is 1.82. The number of nitrogens with one attached hydrogen (secondary N) is 1. The lowest BCUT2D eigenvalue weighted by atomic mass is 10.1. The van der Waals surface area contributed by atoms with Gasteiger partial charge < -0.3 is 10.4 Å². The van der Waals surface area contributed by atoms with Crippen molar-refractivity contribution in [3.8, 4) is 0 Å². The number of carbonyl (C=O) groups is 2. The molecule has 1 saturated carbocycles. The molecule has 0 bridgehead atoms. The van der Waals surface area contributed by atoms with E-state index in [1.807, 2.05) is 0 Å². The molecule has 1 aliphatic carbocycles. The van der Waals surface area contributed by atoms with Gasteiger partial charge >= 0.3 is 12.1 Å². The van der Waals surface area contributed by atoms with E-state index in [-0.39, 0.29) is 12.0 Å². The molecule has 0 aliphatic heterocycles. The van der Waals surface area contributed by atoms with Crippen LogP contribution in [-0.2, 0) is 11.0 Å². The zero-order valence-electron chi connectivity index (χ0n) is 10.2. The first-order chi connectivity index (χ1) is 9.22. The highest BCUT2D eigenvalue weighted by molar-refractivity contribution is 5.95. The largest absolute Gasteiger partial charge is 0.481 e. The highest BCUT2D eigenvalue weighted by Gasteiger charge is 2.46. The zero-order chi connectivity index (χ0) is 15.0. The van der Waals surface area contributed by atoms with E-state index in [1.165, 1.54) is 0 Å². The van der Waals surface area contributed by atoms with Gasteiger partial charge in [-0.1, -0.05) is 0 Å². The van der Waals surface area contributed by atoms with Crippen LogP contribution in [0, 0.1) is 0 Å². The number of halogens is 3. The van der Waals surface area contributed by atoms with Gasteiger partial charge in [0.15, 0.2) is 0 Å². The van der Waals surface area contributed by atoms with E-state index in [2.05, 4.69) is 10.3 Å². The molecular weight excluding hydrogens is 277 g/mol. The lowest BCUT2D eigenvalue weighted by Gasteiger charge is -2.15. The Morgan fingerprint density at radius 1 is 1.35 bits per heavy atom. The van der Waals surface area contributed by atoms with Gasteiger partial charge in [0.1, 0.15) is 0 Å². The van der Waals surface area contributed by atoms with Gasteiger partial charge in [0.2, 0.25) is 0 Å². The second kappa shape index (κ2) is 4.77. The molecule has 1 fully saturated rings. The number of hydrogen-bond donors (Lipinski definition) is 2. The first-order valence-corrected chi connectivity index (χ1v) is 5.78. The molecule has 0 atom stereocenters. The summed E-state index contributed by atoms with van der Waals surface area (Å²) in [5.41, 5.74) is -2.10. The van der Waals surface area contributed by atoms with Crippen LogP contribution in [0.15, 0.2) is 18.5 Å². The Morgan fingerprint density at radius 3 is 2.50 bits per heavy atom. The summed E-state index contributed by atoms with van der Waals surface area (Å²) in [7, 11) is 0. The second-order valence-corrected chi connectivity index (χ2v) is 4.77. The molecule has 1 aliphatic rings. The van der Waals surface area contributed by atoms with E-state index in [9.17, 15) is 22.8 Å². The molecule has 108 valence electrons. The number of nitrogens with zero attached hydrogens (tertiary/aromatic N) is 1. The maximum absolute atomic E-state index is 12.5. The standard InChI is InChI=1S/C12H11F3N2O3/c13-12(14,15)8-3-7(5-16-6-8)10(20)17-11(1-2-11)4-9(18)19/h3,5-6H,1-2,4H2,(H,17,20)(H,18,19). The van der Waals surface area contributed by atoms with Crippen molar-refractivity contribution < 1.29 is 27.9 Å². The van der Waals surface area contributed by atoms with Crippen LogP contribution in [0.5, 0.6) is 0 Å². The molecular formula is C12H11F3N2O3. The molecule has 0 saturated heterocycles. The molecule has 2 N–H and O–H groups in total. The van der Waals surface area contributed by atoms with Crippen molar-refractivity contribution in [2.75, 3.05) is 0 Å². The summed E-state index contributed by atoms with van der Waals surface area (Å²) in [6.07, 6.45) is -2.19. The number of alkyl halides is 3. The SMILES string of the molecule is O=C(O)CC1(NC(=O)c2cncc(C(F)(F)F)c2)CC1. The molecule has 8 heteroatoms. The summed E-state index contributed by atoms with van der Waals surface area (Å²) in [6, 6.07) is 0.694. The van der Waals surface area contributed by atoms with Crippen molar-refractivity contribution in [1.82, 2.24) is 10.3 Å². The topological polar surface area (TPSA) is 79.3 Å². The monoisotopic (exact) mass is 288 g/mol. The Hall–Kier alpha value is -2.12. The summed E-state index contributed by atoms with van der Waals surface area (Å²) in [4.78, 5) is 25.9. The fourth-order valence-corrected chi connectivity index (χ4v) is 1.82. The molecule has 20 heavy (non-hydrogen) atoms. The molecule has 2 rings (SSSR count).